The number of hydrogen-bond donors (Lipinski definition) is 0. The van der Waals surface area contributed by atoms with Crippen molar-refractivity contribution in [2.45, 2.75) is 18.6 Å². The fraction of sp³-hybridized carbons (Fsp3) is 0.417. The first-order chi connectivity index (χ1) is 7.27. The molecule has 0 amide bonds. The standard InChI is InChI=1S/C12H14FO2.ClH.Mg/c1-2-7-12(14-8-9-15-12)10-3-5-11(13)6-4-10;;/h3-6H,1-2,7-9H2;1H;/q-1;;+2/p-1. The summed E-state index contributed by atoms with van der Waals surface area (Å²) in [5, 5.41) is 0. The molecule has 1 heterocycles. The van der Waals surface area contributed by atoms with E-state index in [0.29, 0.717) is 19.6 Å². The predicted molar refractivity (Wildman–Crippen MR) is 60.3 cm³/mol. The van der Waals surface area contributed by atoms with Crippen molar-refractivity contribution in [1.82, 2.24) is 0 Å². The van der Waals surface area contributed by atoms with Gasteiger partial charge in [-0.3, -0.25) is 0 Å². The normalized spacial score (nSPS) is 17.1. The van der Waals surface area contributed by atoms with E-state index in [0.717, 1.165) is 12.0 Å². The van der Waals surface area contributed by atoms with Crippen LogP contribution >= 0.6 is 0 Å². The van der Waals surface area contributed by atoms with E-state index in [1.165, 1.54) is 12.1 Å². The van der Waals surface area contributed by atoms with Gasteiger partial charge in [0.05, 0.1) is 13.2 Å². The number of ether oxygens (including phenoxy) is 2. The molecule has 1 aliphatic heterocycles. The van der Waals surface area contributed by atoms with E-state index in [1.54, 1.807) is 12.1 Å². The van der Waals surface area contributed by atoms with E-state index in [-0.39, 0.29) is 41.3 Å². The number of hydrogen-bond acceptors (Lipinski definition) is 2. The molecule has 2 nitrogen and oxygen atoms in total. The maximum absolute atomic E-state index is 12.8. The average Bonchev–Trinajstić information content (AvgIpc) is 2.69. The minimum absolute atomic E-state index is 0. The molecular formula is C12H14ClFMgO2. The molecule has 1 aromatic carbocycles. The molecule has 1 saturated heterocycles. The van der Waals surface area contributed by atoms with Crippen molar-refractivity contribution in [3.05, 3.63) is 42.6 Å². The summed E-state index contributed by atoms with van der Waals surface area (Å²) in [6, 6.07) is 6.25. The Morgan fingerprint density at radius 3 is 2.18 bits per heavy atom. The summed E-state index contributed by atoms with van der Waals surface area (Å²) >= 11 is 0. The fourth-order valence-corrected chi connectivity index (χ4v) is 1.85. The Morgan fingerprint density at radius 1 is 1.18 bits per heavy atom. The van der Waals surface area contributed by atoms with E-state index in [1.807, 2.05) is 0 Å². The summed E-state index contributed by atoms with van der Waals surface area (Å²) in [5.74, 6) is -0.948. The molecule has 0 unspecified atom stereocenters. The second-order valence-corrected chi connectivity index (χ2v) is 3.56. The van der Waals surface area contributed by atoms with Gasteiger partial charge in [0.25, 0.3) is 0 Å². The third-order valence-electron chi connectivity index (χ3n) is 2.54. The van der Waals surface area contributed by atoms with E-state index in [9.17, 15) is 4.39 Å². The summed E-state index contributed by atoms with van der Waals surface area (Å²) in [6.45, 7) is 4.96. The van der Waals surface area contributed by atoms with Crippen molar-refractivity contribution in [2.24, 2.45) is 0 Å². The van der Waals surface area contributed by atoms with Crippen LogP contribution in [0.15, 0.2) is 24.3 Å². The Balaban J connectivity index is 0.00000128. The SMILES string of the molecule is [CH2-]CCC1(c2ccc(F)cc2)OCCO1.[Cl-].[Mg+2]. The van der Waals surface area contributed by atoms with Crippen molar-refractivity contribution in [3.63, 3.8) is 0 Å². The Labute approximate surface area is 123 Å². The molecular weight excluding hydrogens is 255 g/mol. The maximum atomic E-state index is 12.8. The smallest absolute Gasteiger partial charge is 1.00 e. The first kappa shape index (κ1) is 17.1. The second kappa shape index (κ2) is 7.54. The van der Waals surface area contributed by atoms with Gasteiger partial charge in [0.1, 0.15) is 5.82 Å². The third kappa shape index (κ3) is 3.79. The van der Waals surface area contributed by atoms with Gasteiger partial charge in [-0.25, -0.2) is 4.39 Å². The fourth-order valence-electron chi connectivity index (χ4n) is 1.85. The average molecular weight is 269 g/mol. The van der Waals surface area contributed by atoms with Gasteiger partial charge in [-0.1, -0.05) is 12.1 Å². The van der Waals surface area contributed by atoms with Crippen LogP contribution in [0.4, 0.5) is 4.39 Å². The quantitative estimate of drug-likeness (QED) is 0.531. The van der Waals surface area contributed by atoms with Crippen molar-refractivity contribution in [1.29, 1.82) is 0 Å². The Hall–Kier alpha value is 0.126. The Kier molecular flexibility index (Phi) is 7.59. The molecule has 0 atom stereocenters. The van der Waals surface area contributed by atoms with Crippen LogP contribution in [0.1, 0.15) is 18.4 Å². The topological polar surface area (TPSA) is 18.5 Å². The van der Waals surface area contributed by atoms with E-state index >= 15 is 0 Å². The molecule has 0 N–H and O–H groups in total. The van der Waals surface area contributed by atoms with Gasteiger partial charge in [-0.15, -0.1) is 0 Å². The van der Waals surface area contributed by atoms with Gasteiger partial charge in [-0.05, 0) is 18.6 Å². The van der Waals surface area contributed by atoms with Gasteiger partial charge >= 0.3 is 23.1 Å². The summed E-state index contributed by atoms with van der Waals surface area (Å²) in [6.07, 6.45) is 1.41. The predicted octanol–water partition coefficient (Wildman–Crippen LogP) is -0.737. The first-order valence-corrected chi connectivity index (χ1v) is 5.10. The van der Waals surface area contributed by atoms with E-state index < -0.39 is 5.79 Å². The first-order valence-electron chi connectivity index (χ1n) is 5.10. The van der Waals surface area contributed by atoms with Crippen LogP contribution in [0.3, 0.4) is 0 Å². The third-order valence-corrected chi connectivity index (χ3v) is 2.54. The molecule has 0 radical (unpaired) electrons. The summed E-state index contributed by atoms with van der Waals surface area (Å²) in [7, 11) is 0. The minimum Gasteiger partial charge on any atom is -1.00 e. The van der Waals surface area contributed by atoms with Gasteiger partial charge in [-0.2, -0.15) is 6.42 Å². The van der Waals surface area contributed by atoms with Crippen LogP contribution in [0.5, 0.6) is 0 Å². The molecule has 1 aliphatic rings. The number of halogens is 2. The Bertz CT molecular complexity index is 326. The molecule has 5 heteroatoms. The zero-order valence-corrected chi connectivity index (χ0v) is 11.8. The van der Waals surface area contributed by atoms with Gasteiger partial charge in [0.15, 0.2) is 5.79 Å². The largest absolute Gasteiger partial charge is 2.00 e. The molecule has 17 heavy (non-hydrogen) atoms. The zero-order chi connectivity index (χ0) is 10.7. The van der Waals surface area contributed by atoms with Crippen molar-refractivity contribution < 1.29 is 26.3 Å². The van der Waals surface area contributed by atoms with Gasteiger partial charge < -0.3 is 28.8 Å². The summed E-state index contributed by atoms with van der Waals surface area (Å²) < 4.78 is 24.0. The molecule has 0 spiro atoms. The Morgan fingerprint density at radius 2 is 1.71 bits per heavy atom. The van der Waals surface area contributed by atoms with Crippen LogP contribution in [0.2, 0.25) is 0 Å². The number of rotatable bonds is 3. The molecule has 0 aromatic heterocycles. The molecule has 1 aromatic rings. The van der Waals surface area contributed by atoms with E-state index in [2.05, 4.69) is 6.92 Å². The van der Waals surface area contributed by atoms with Crippen LogP contribution < -0.4 is 12.4 Å². The molecule has 1 fully saturated rings. The zero-order valence-electron chi connectivity index (χ0n) is 9.62. The van der Waals surface area contributed by atoms with Crippen molar-refractivity contribution >= 4 is 23.1 Å². The maximum Gasteiger partial charge on any atom is 2.00 e. The van der Waals surface area contributed by atoms with Crippen LogP contribution in [-0.2, 0) is 15.3 Å². The summed E-state index contributed by atoms with van der Waals surface area (Å²) in [4.78, 5) is 0. The molecule has 2 rings (SSSR count). The van der Waals surface area contributed by atoms with E-state index in [4.69, 9.17) is 9.47 Å². The summed E-state index contributed by atoms with van der Waals surface area (Å²) in [5.41, 5.74) is 0.866. The molecule has 0 saturated carbocycles. The second-order valence-electron chi connectivity index (χ2n) is 3.56. The van der Waals surface area contributed by atoms with Gasteiger partial charge in [0.2, 0.25) is 0 Å². The number of benzene rings is 1. The van der Waals surface area contributed by atoms with Crippen LogP contribution in [0, 0.1) is 12.7 Å². The molecule has 0 bridgehead atoms. The molecule has 90 valence electrons. The molecule has 0 aliphatic carbocycles. The van der Waals surface area contributed by atoms with Crippen LogP contribution in [-0.4, -0.2) is 36.3 Å². The van der Waals surface area contributed by atoms with Crippen LogP contribution in [0.25, 0.3) is 0 Å². The van der Waals surface area contributed by atoms with Crippen molar-refractivity contribution in [3.8, 4) is 0 Å². The monoisotopic (exact) mass is 268 g/mol. The minimum atomic E-state index is -0.699. The van der Waals surface area contributed by atoms with Gasteiger partial charge in [0, 0.05) is 5.56 Å². The van der Waals surface area contributed by atoms with Crippen molar-refractivity contribution in [2.75, 3.05) is 13.2 Å².